The summed E-state index contributed by atoms with van der Waals surface area (Å²) in [6.45, 7) is 4.88. The highest BCUT2D eigenvalue weighted by Crippen LogP contribution is 2.18. The van der Waals surface area contributed by atoms with Gasteiger partial charge in [-0.3, -0.25) is 15.0 Å². The highest BCUT2D eigenvalue weighted by Gasteiger charge is 2.17. The van der Waals surface area contributed by atoms with Gasteiger partial charge in [-0.2, -0.15) is 0 Å². The van der Waals surface area contributed by atoms with Crippen molar-refractivity contribution in [3.8, 4) is 0 Å². The van der Waals surface area contributed by atoms with Crippen LogP contribution in [0.4, 0.5) is 11.4 Å². The fourth-order valence-corrected chi connectivity index (χ4v) is 2.78. The number of para-hydroxylation sites is 1. The maximum absolute atomic E-state index is 10.7. The molecular weight excluding hydrogens is 278 g/mol. The zero-order valence-corrected chi connectivity index (χ0v) is 12.4. The molecular formula is C17H19N3O2. The zero-order chi connectivity index (χ0) is 15.4. The van der Waals surface area contributed by atoms with E-state index in [1.807, 2.05) is 18.2 Å². The smallest absolute Gasteiger partial charge is 0.269 e. The van der Waals surface area contributed by atoms with Crippen LogP contribution in [0.15, 0.2) is 54.6 Å². The minimum atomic E-state index is -0.359. The molecule has 0 radical (unpaired) electrons. The number of nitro groups is 1. The van der Waals surface area contributed by atoms with Crippen LogP contribution < -0.4 is 4.90 Å². The molecule has 5 heteroatoms. The Labute approximate surface area is 129 Å². The number of hydrogen-bond donors (Lipinski definition) is 0. The second-order valence-electron chi connectivity index (χ2n) is 5.52. The molecule has 2 aromatic carbocycles. The van der Waals surface area contributed by atoms with Gasteiger partial charge in [0, 0.05) is 50.5 Å². The number of benzene rings is 2. The molecule has 0 atom stereocenters. The minimum absolute atomic E-state index is 0.151. The van der Waals surface area contributed by atoms with Crippen molar-refractivity contribution in [2.75, 3.05) is 31.1 Å². The van der Waals surface area contributed by atoms with Crippen molar-refractivity contribution >= 4 is 11.4 Å². The molecule has 114 valence electrons. The normalized spacial score (nSPS) is 15.7. The average Bonchev–Trinajstić information content (AvgIpc) is 2.57. The van der Waals surface area contributed by atoms with Crippen molar-refractivity contribution in [3.63, 3.8) is 0 Å². The summed E-state index contributed by atoms with van der Waals surface area (Å²) in [7, 11) is 0. The summed E-state index contributed by atoms with van der Waals surface area (Å²) in [5.41, 5.74) is 2.55. The molecule has 0 aromatic heterocycles. The number of non-ortho nitro benzene ring substituents is 1. The van der Waals surface area contributed by atoms with E-state index < -0.39 is 0 Å². The molecule has 1 aliphatic rings. The predicted molar refractivity (Wildman–Crippen MR) is 87.0 cm³/mol. The number of hydrogen-bond acceptors (Lipinski definition) is 4. The second-order valence-corrected chi connectivity index (χ2v) is 5.52. The molecule has 0 spiro atoms. The molecule has 5 nitrogen and oxygen atoms in total. The number of piperazine rings is 1. The Bertz CT molecular complexity index is 620. The predicted octanol–water partition coefficient (Wildman–Crippen LogP) is 2.92. The third-order valence-electron chi connectivity index (χ3n) is 4.05. The molecule has 22 heavy (non-hydrogen) atoms. The highest BCUT2D eigenvalue weighted by atomic mass is 16.6. The molecule has 0 saturated carbocycles. The standard InChI is InChI=1S/C17H19N3O2/c21-20(22)17-8-6-15(7-9-17)14-18-10-12-19(13-11-18)16-4-2-1-3-5-16/h1-9H,10-14H2. The molecule has 2 aromatic rings. The van der Waals surface area contributed by atoms with Crippen LogP contribution in [0.1, 0.15) is 5.56 Å². The van der Waals surface area contributed by atoms with Crippen molar-refractivity contribution in [1.82, 2.24) is 4.90 Å². The Morgan fingerprint density at radius 2 is 1.55 bits per heavy atom. The maximum Gasteiger partial charge on any atom is 0.269 e. The summed E-state index contributed by atoms with van der Waals surface area (Å²) >= 11 is 0. The van der Waals surface area contributed by atoms with Crippen molar-refractivity contribution < 1.29 is 4.92 Å². The van der Waals surface area contributed by atoms with Gasteiger partial charge in [-0.25, -0.2) is 0 Å². The van der Waals surface area contributed by atoms with Crippen LogP contribution in [0.3, 0.4) is 0 Å². The summed E-state index contributed by atoms with van der Waals surface area (Å²) < 4.78 is 0. The number of nitrogens with zero attached hydrogens (tertiary/aromatic N) is 3. The van der Waals surface area contributed by atoms with Gasteiger partial charge in [0.2, 0.25) is 0 Å². The summed E-state index contributed by atoms with van der Waals surface area (Å²) in [6.07, 6.45) is 0. The van der Waals surface area contributed by atoms with Crippen LogP contribution in [0.2, 0.25) is 0 Å². The molecule has 0 N–H and O–H groups in total. The van der Waals surface area contributed by atoms with Gasteiger partial charge in [-0.15, -0.1) is 0 Å². The first-order chi connectivity index (χ1) is 10.7. The fourth-order valence-electron chi connectivity index (χ4n) is 2.78. The Morgan fingerprint density at radius 3 is 2.14 bits per heavy atom. The molecule has 0 amide bonds. The highest BCUT2D eigenvalue weighted by molar-refractivity contribution is 5.46. The van der Waals surface area contributed by atoms with E-state index in [1.165, 1.54) is 5.69 Å². The van der Waals surface area contributed by atoms with Crippen LogP contribution in [0.25, 0.3) is 0 Å². The molecule has 0 unspecified atom stereocenters. The van der Waals surface area contributed by atoms with Crippen LogP contribution in [0.5, 0.6) is 0 Å². The van der Waals surface area contributed by atoms with Crippen molar-refractivity contribution in [2.45, 2.75) is 6.54 Å². The molecule has 3 rings (SSSR count). The molecule has 0 aliphatic carbocycles. The zero-order valence-electron chi connectivity index (χ0n) is 12.4. The van der Waals surface area contributed by atoms with Crippen LogP contribution >= 0.6 is 0 Å². The van der Waals surface area contributed by atoms with E-state index in [0.29, 0.717) is 0 Å². The Hall–Kier alpha value is -2.40. The van der Waals surface area contributed by atoms with Gasteiger partial charge >= 0.3 is 0 Å². The first-order valence-corrected chi connectivity index (χ1v) is 7.48. The lowest BCUT2D eigenvalue weighted by atomic mass is 10.1. The lowest BCUT2D eigenvalue weighted by Crippen LogP contribution is -2.45. The van der Waals surface area contributed by atoms with E-state index in [0.717, 1.165) is 38.3 Å². The summed E-state index contributed by atoms with van der Waals surface area (Å²) in [5, 5.41) is 10.7. The first kappa shape index (κ1) is 14.5. The lowest BCUT2D eigenvalue weighted by molar-refractivity contribution is -0.384. The van der Waals surface area contributed by atoms with E-state index in [2.05, 4.69) is 34.1 Å². The van der Waals surface area contributed by atoms with E-state index in [4.69, 9.17) is 0 Å². The van der Waals surface area contributed by atoms with E-state index in [9.17, 15) is 10.1 Å². The lowest BCUT2D eigenvalue weighted by Gasteiger charge is -2.36. The third kappa shape index (κ3) is 3.43. The Balaban J connectivity index is 1.54. The summed E-state index contributed by atoms with van der Waals surface area (Å²) in [4.78, 5) is 15.1. The second kappa shape index (κ2) is 6.58. The monoisotopic (exact) mass is 297 g/mol. The fraction of sp³-hybridized carbons (Fsp3) is 0.294. The van der Waals surface area contributed by atoms with Crippen molar-refractivity contribution in [2.24, 2.45) is 0 Å². The minimum Gasteiger partial charge on any atom is -0.369 e. The van der Waals surface area contributed by atoms with Gasteiger partial charge in [-0.05, 0) is 17.7 Å². The van der Waals surface area contributed by atoms with Gasteiger partial charge in [-0.1, -0.05) is 30.3 Å². The first-order valence-electron chi connectivity index (χ1n) is 7.48. The number of nitro benzene ring substituents is 1. The molecule has 1 aliphatic heterocycles. The van der Waals surface area contributed by atoms with Gasteiger partial charge in [0.1, 0.15) is 0 Å². The Kier molecular flexibility index (Phi) is 4.34. The summed E-state index contributed by atoms with van der Waals surface area (Å²) in [5.74, 6) is 0. The van der Waals surface area contributed by atoms with Gasteiger partial charge in [0.25, 0.3) is 5.69 Å². The Morgan fingerprint density at radius 1 is 0.909 bits per heavy atom. The van der Waals surface area contributed by atoms with Crippen LogP contribution in [-0.2, 0) is 6.54 Å². The van der Waals surface area contributed by atoms with Crippen LogP contribution in [0, 0.1) is 10.1 Å². The van der Waals surface area contributed by atoms with E-state index in [-0.39, 0.29) is 10.6 Å². The maximum atomic E-state index is 10.7. The molecule has 1 saturated heterocycles. The van der Waals surface area contributed by atoms with Crippen LogP contribution in [-0.4, -0.2) is 36.0 Å². The van der Waals surface area contributed by atoms with E-state index >= 15 is 0 Å². The van der Waals surface area contributed by atoms with Gasteiger partial charge < -0.3 is 4.90 Å². The molecule has 1 fully saturated rings. The molecule has 0 bridgehead atoms. The van der Waals surface area contributed by atoms with Crippen molar-refractivity contribution in [1.29, 1.82) is 0 Å². The van der Waals surface area contributed by atoms with E-state index in [1.54, 1.807) is 12.1 Å². The number of anilines is 1. The topological polar surface area (TPSA) is 49.6 Å². The molecule has 1 heterocycles. The van der Waals surface area contributed by atoms with Gasteiger partial charge in [0.05, 0.1) is 4.92 Å². The SMILES string of the molecule is O=[N+]([O-])c1ccc(CN2CCN(c3ccccc3)CC2)cc1. The largest absolute Gasteiger partial charge is 0.369 e. The van der Waals surface area contributed by atoms with Gasteiger partial charge in [0.15, 0.2) is 0 Å². The van der Waals surface area contributed by atoms with Crippen molar-refractivity contribution in [3.05, 3.63) is 70.3 Å². The summed E-state index contributed by atoms with van der Waals surface area (Å²) in [6, 6.07) is 17.3. The quantitative estimate of drug-likeness (QED) is 0.643. The third-order valence-corrected chi connectivity index (χ3v) is 4.05. The number of rotatable bonds is 4. The average molecular weight is 297 g/mol.